The third-order valence-electron chi connectivity index (χ3n) is 3.75. The average Bonchev–Trinajstić information content (AvgIpc) is 3.05. The van der Waals surface area contributed by atoms with Gasteiger partial charge in [0.25, 0.3) is 0 Å². The molecule has 2 aromatic heterocycles. The third kappa shape index (κ3) is 3.76. The second-order valence-corrected chi connectivity index (χ2v) is 6.29. The number of pyridine rings is 1. The maximum atomic E-state index is 5.21. The lowest BCUT2D eigenvalue weighted by atomic mass is 10.2. The Kier molecular flexibility index (Phi) is 5.48. The second-order valence-electron chi connectivity index (χ2n) is 5.23. The molecule has 0 bridgehead atoms. The summed E-state index contributed by atoms with van der Waals surface area (Å²) in [5.74, 6) is 2.70. The molecule has 124 valence electrons. The van der Waals surface area contributed by atoms with Gasteiger partial charge in [0.1, 0.15) is 5.75 Å². The number of nitrogens with zero attached hydrogens (tertiary/aromatic N) is 4. The first kappa shape index (κ1) is 16.5. The average molecular weight is 340 g/mol. The van der Waals surface area contributed by atoms with E-state index < -0.39 is 0 Å². The lowest BCUT2D eigenvalue weighted by molar-refractivity contribution is 0.415. The van der Waals surface area contributed by atoms with E-state index in [2.05, 4.69) is 26.7 Å². The number of aryl methyl sites for hydroxylation is 1. The van der Waals surface area contributed by atoms with Crippen molar-refractivity contribution in [2.24, 2.45) is 0 Å². The van der Waals surface area contributed by atoms with Crippen LogP contribution in [0.3, 0.4) is 0 Å². The smallest absolute Gasteiger partial charge is 0.191 e. The lowest BCUT2D eigenvalue weighted by Crippen LogP contribution is -2.00. The van der Waals surface area contributed by atoms with Gasteiger partial charge in [-0.2, -0.15) is 0 Å². The zero-order chi connectivity index (χ0) is 16.8. The second kappa shape index (κ2) is 7.97. The van der Waals surface area contributed by atoms with Crippen LogP contribution in [-0.2, 0) is 13.0 Å². The van der Waals surface area contributed by atoms with Crippen LogP contribution in [0, 0.1) is 0 Å². The number of hydrogen-bond acceptors (Lipinski definition) is 5. The number of rotatable bonds is 7. The van der Waals surface area contributed by atoms with E-state index in [4.69, 9.17) is 4.74 Å². The van der Waals surface area contributed by atoms with Crippen molar-refractivity contribution in [2.45, 2.75) is 25.0 Å². The van der Waals surface area contributed by atoms with Crippen LogP contribution in [0.5, 0.6) is 5.75 Å². The van der Waals surface area contributed by atoms with Crippen molar-refractivity contribution in [3.05, 3.63) is 54.4 Å². The molecular formula is C18H20N4OS. The predicted molar refractivity (Wildman–Crippen MR) is 96.3 cm³/mol. The Hall–Kier alpha value is -2.34. The molecule has 0 atom stereocenters. The fourth-order valence-corrected chi connectivity index (χ4v) is 3.43. The van der Waals surface area contributed by atoms with Gasteiger partial charge in [-0.25, -0.2) is 0 Å². The Morgan fingerprint density at radius 3 is 2.46 bits per heavy atom. The van der Waals surface area contributed by atoms with Crippen LogP contribution in [0.2, 0.25) is 0 Å². The van der Waals surface area contributed by atoms with E-state index in [1.54, 1.807) is 18.9 Å². The highest BCUT2D eigenvalue weighted by Gasteiger charge is 2.13. The fourth-order valence-electron chi connectivity index (χ4n) is 2.44. The molecule has 0 spiro atoms. The Morgan fingerprint density at radius 1 is 1.04 bits per heavy atom. The minimum Gasteiger partial charge on any atom is -0.497 e. The molecule has 5 nitrogen and oxygen atoms in total. The fraction of sp³-hybridized carbons (Fsp3) is 0.278. The van der Waals surface area contributed by atoms with Crippen molar-refractivity contribution in [1.29, 1.82) is 0 Å². The molecule has 0 aliphatic heterocycles. The summed E-state index contributed by atoms with van der Waals surface area (Å²) in [6.45, 7) is 2.95. The molecule has 0 radical (unpaired) electrons. The van der Waals surface area contributed by atoms with E-state index in [9.17, 15) is 0 Å². The van der Waals surface area contributed by atoms with Crippen LogP contribution in [0.25, 0.3) is 11.4 Å². The molecule has 3 rings (SSSR count). The van der Waals surface area contributed by atoms with Crippen molar-refractivity contribution in [3.8, 4) is 17.1 Å². The van der Waals surface area contributed by atoms with Crippen LogP contribution in [-0.4, -0.2) is 32.6 Å². The van der Waals surface area contributed by atoms with Gasteiger partial charge in [-0.15, -0.1) is 10.2 Å². The minimum atomic E-state index is 0.839. The number of hydrogen-bond donors (Lipinski definition) is 0. The predicted octanol–water partition coefficient (Wildman–Crippen LogP) is 3.70. The Morgan fingerprint density at radius 2 is 1.79 bits per heavy atom. The summed E-state index contributed by atoms with van der Waals surface area (Å²) in [7, 11) is 1.67. The van der Waals surface area contributed by atoms with Gasteiger partial charge in [-0.05, 0) is 55.3 Å². The minimum absolute atomic E-state index is 0.839. The van der Waals surface area contributed by atoms with E-state index in [0.717, 1.165) is 41.0 Å². The van der Waals surface area contributed by atoms with Crippen LogP contribution < -0.4 is 4.74 Å². The van der Waals surface area contributed by atoms with Crippen molar-refractivity contribution in [2.75, 3.05) is 12.9 Å². The maximum Gasteiger partial charge on any atom is 0.191 e. The van der Waals surface area contributed by atoms with Crippen LogP contribution in [0.15, 0.2) is 53.9 Å². The van der Waals surface area contributed by atoms with E-state index in [1.165, 1.54) is 5.56 Å². The largest absolute Gasteiger partial charge is 0.497 e. The summed E-state index contributed by atoms with van der Waals surface area (Å²) in [4.78, 5) is 4.05. The number of benzene rings is 1. The monoisotopic (exact) mass is 340 g/mol. The molecular weight excluding hydrogens is 320 g/mol. The summed E-state index contributed by atoms with van der Waals surface area (Å²) in [6, 6.07) is 12.0. The standard InChI is InChI=1S/C18H20N4OS/c1-3-22-17(15-4-6-16(23-2)7-5-15)20-21-18(22)24-13-10-14-8-11-19-12-9-14/h4-9,11-12H,3,10,13H2,1-2H3. The maximum absolute atomic E-state index is 5.21. The molecule has 0 saturated carbocycles. The molecule has 0 saturated heterocycles. The quantitative estimate of drug-likeness (QED) is 0.614. The number of aromatic nitrogens is 4. The molecule has 1 aromatic carbocycles. The van der Waals surface area contributed by atoms with Crippen molar-refractivity contribution in [1.82, 2.24) is 19.7 Å². The van der Waals surface area contributed by atoms with Gasteiger partial charge in [-0.1, -0.05) is 11.8 Å². The van der Waals surface area contributed by atoms with E-state index in [1.807, 2.05) is 48.8 Å². The number of ether oxygens (including phenoxy) is 1. The molecule has 0 aliphatic rings. The molecule has 24 heavy (non-hydrogen) atoms. The molecule has 0 aliphatic carbocycles. The van der Waals surface area contributed by atoms with Crippen molar-refractivity contribution in [3.63, 3.8) is 0 Å². The highest BCUT2D eigenvalue weighted by atomic mass is 32.2. The zero-order valence-electron chi connectivity index (χ0n) is 13.8. The first-order valence-electron chi connectivity index (χ1n) is 7.91. The summed E-state index contributed by atoms with van der Waals surface area (Å²) in [5, 5.41) is 9.71. The Labute approximate surface area is 146 Å². The van der Waals surface area contributed by atoms with Crippen LogP contribution in [0.4, 0.5) is 0 Å². The highest BCUT2D eigenvalue weighted by molar-refractivity contribution is 7.99. The topological polar surface area (TPSA) is 52.8 Å². The normalized spacial score (nSPS) is 10.8. The summed E-state index contributed by atoms with van der Waals surface area (Å²) in [5.41, 5.74) is 2.33. The van der Waals surface area contributed by atoms with E-state index in [-0.39, 0.29) is 0 Å². The lowest BCUT2D eigenvalue weighted by Gasteiger charge is -2.08. The van der Waals surface area contributed by atoms with Gasteiger partial charge >= 0.3 is 0 Å². The van der Waals surface area contributed by atoms with Gasteiger partial charge in [0, 0.05) is 30.3 Å². The zero-order valence-corrected chi connectivity index (χ0v) is 14.7. The van der Waals surface area contributed by atoms with Gasteiger partial charge in [0.2, 0.25) is 0 Å². The summed E-state index contributed by atoms with van der Waals surface area (Å²) < 4.78 is 7.36. The summed E-state index contributed by atoms with van der Waals surface area (Å²) >= 11 is 1.73. The SMILES string of the molecule is CCn1c(SCCc2ccncc2)nnc1-c1ccc(OC)cc1. The first-order valence-corrected chi connectivity index (χ1v) is 8.89. The van der Waals surface area contributed by atoms with Crippen molar-refractivity contribution < 1.29 is 4.74 Å². The molecule has 0 unspecified atom stereocenters. The van der Waals surface area contributed by atoms with Crippen molar-refractivity contribution >= 4 is 11.8 Å². The Bertz CT molecular complexity index is 771. The highest BCUT2D eigenvalue weighted by Crippen LogP contribution is 2.25. The third-order valence-corrected chi connectivity index (χ3v) is 4.72. The van der Waals surface area contributed by atoms with Crippen LogP contribution >= 0.6 is 11.8 Å². The van der Waals surface area contributed by atoms with Gasteiger partial charge in [0.15, 0.2) is 11.0 Å². The molecule has 0 fully saturated rings. The van der Waals surface area contributed by atoms with Gasteiger partial charge in [0.05, 0.1) is 7.11 Å². The van der Waals surface area contributed by atoms with Crippen LogP contribution in [0.1, 0.15) is 12.5 Å². The molecule has 6 heteroatoms. The Balaban J connectivity index is 1.71. The van der Waals surface area contributed by atoms with Gasteiger partial charge in [-0.3, -0.25) is 4.98 Å². The molecule has 0 N–H and O–H groups in total. The molecule has 2 heterocycles. The molecule has 3 aromatic rings. The van der Waals surface area contributed by atoms with E-state index >= 15 is 0 Å². The van der Waals surface area contributed by atoms with Gasteiger partial charge < -0.3 is 9.30 Å². The van der Waals surface area contributed by atoms with E-state index in [0.29, 0.717) is 0 Å². The summed E-state index contributed by atoms with van der Waals surface area (Å²) in [6.07, 6.45) is 4.65. The number of methoxy groups -OCH3 is 1. The number of thioether (sulfide) groups is 1. The molecule has 0 amide bonds. The first-order chi connectivity index (χ1) is 11.8.